The third kappa shape index (κ3) is 4.83. The van der Waals surface area contributed by atoms with Gasteiger partial charge in [-0.2, -0.15) is 0 Å². The normalized spacial score (nSPS) is 23.8. The average molecular weight is 516 g/mol. The summed E-state index contributed by atoms with van der Waals surface area (Å²) < 4.78 is 0. The lowest BCUT2D eigenvalue weighted by Gasteiger charge is -2.57. The van der Waals surface area contributed by atoms with E-state index in [-0.39, 0.29) is 29.7 Å². The highest BCUT2D eigenvalue weighted by molar-refractivity contribution is 6.31. The van der Waals surface area contributed by atoms with Crippen molar-refractivity contribution in [3.05, 3.63) is 88.4 Å². The van der Waals surface area contributed by atoms with Gasteiger partial charge in [0.15, 0.2) is 0 Å². The van der Waals surface area contributed by atoms with Gasteiger partial charge in [0.25, 0.3) is 5.91 Å². The fraction of sp³-hybridized carbons (Fsp3) is 0.333. The van der Waals surface area contributed by atoms with Crippen molar-refractivity contribution in [2.45, 2.75) is 51.2 Å². The van der Waals surface area contributed by atoms with E-state index >= 15 is 0 Å². The van der Waals surface area contributed by atoms with Gasteiger partial charge >= 0.3 is 5.97 Å². The number of halogens is 1. The third-order valence-corrected chi connectivity index (χ3v) is 8.35. The number of carboxylic acid groups (broad SMARTS) is 1. The number of hydrogen-bond donors (Lipinski definition) is 3. The van der Waals surface area contributed by atoms with E-state index in [9.17, 15) is 9.59 Å². The van der Waals surface area contributed by atoms with E-state index in [0.717, 1.165) is 42.5 Å². The monoisotopic (exact) mass is 515 g/mol. The zero-order valence-electron chi connectivity index (χ0n) is 20.5. The number of amides is 1. The van der Waals surface area contributed by atoms with Crippen molar-refractivity contribution in [3.63, 3.8) is 0 Å². The van der Waals surface area contributed by atoms with Crippen LogP contribution in [0.2, 0.25) is 5.02 Å². The van der Waals surface area contributed by atoms with Crippen molar-refractivity contribution in [3.8, 4) is 11.1 Å². The Kier molecular flexibility index (Phi) is 6.17. The molecule has 0 radical (unpaired) electrons. The first-order chi connectivity index (χ1) is 17.9. The molecule has 2 aliphatic carbocycles. The van der Waals surface area contributed by atoms with E-state index in [0.29, 0.717) is 23.7 Å². The van der Waals surface area contributed by atoms with E-state index in [1.54, 1.807) is 6.07 Å². The second-order valence-corrected chi connectivity index (χ2v) is 11.3. The lowest BCUT2D eigenvalue weighted by molar-refractivity contribution is -0.142. The Balaban J connectivity index is 1.13. The lowest BCUT2D eigenvalue weighted by atomic mass is 9.49. The van der Waals surface area contributed by atoms with Crippen LogP contribution in [-0.4, -0.2) is 23.0 Å². The molecule has 2 fully saturated rings. The van der Waals surface area contributed by atoms with Crippen LogP contribution in [0.15, 0.2) is 66.7 Å². The van der Waals surface area contributed by atoms with Crippen LogP contribution in [0.3, 0.4) is 0 Å². The van der Waals surface area contributed by atoms with E-state index in [4.69, 9.17) is 16.7 Å². The molecule has 6 nitrogen and oxygen atoms in total. The Labute approximate surface area is 221 Å². The van der Waals surface area contributed by atoms with Crippen molar-refractivity contribution in [1.29, 1.82) is 0 Å². The summed E-state index contributed by atoms with van der Waals surface area (Å²) in [5.41, 5.74) is 9.63. The van der Waals surface area contributed by atoms with Crippen molar-refractivity contribution in [1.82, 2.24) is 10.7 Å². The molecule has 6 rings (SSSR count). The summed E-state index contributed by atoms with van der Waals surface area (Å²) in [6, 6.07) is 22.6. The number of carbonyl (C=O) groups is 2. The Bertz CT molecular complexity index is 1330. The number of nitrogens with one attached hydrogen (secondary N) is 2. The van der Waals surface area contributed by atoms with Gasteiger partial charge in [-0.15, -0.1) is 0 Å². The number of carboxylic acids is 1. The van der Waals surface area contributed by atoms with E-state index < -0.39 is 5.97 Å². The van der Waals surface area contributed by atoms with Crippen molar-refractivity contribution in [2.75, 3.05) is 5.01 Å². The number of anilines is 1. The van der Waals surface area contributed by atoms with E-state index in [2.05, 4.69) is 47.1 Å². The Morgan fingerprint density at radius 3 is 2.41 bits per heavy atom. The van der Waals surface area contributed by atoms with Gasteiger partial charge in [-0.05, 0) is 71.4 Å². The van der Waals surface area contributed by atoms with E-state index in [1.807, 2.05) is 29.3 Å². The topological polar surface area (TPSA) is 81.7 Å². The van der Waals surface area contributed by atoms with Crippen LogP contribution < -0.4 is 15.8 Å². The molecule has 0 bridgehead atoms. The molecule has 1 heterocycles. The minimum Gasteiger partial charge on any atom is -0.481 e. The predicted molar refractivity (Wildman–Crippen MR) is 144 cm³/mol. The fourth-order valence-corrected chi connectivity index (χ4v) is 6.77. The van der Waals surface area contributed by atoms with Crippen LogP contribution in [0.25, 0.3) is 11.1 Å². The molecule has 37 heavy (non-hydrogen) atoms. The second kappa shape index (κ2) is 9.51. The average Bonchev–Trinajstić information content (AvgIpc) is 3.23. The quantitative estimate of drug-likeness (QED) is 0.371. The highest BCUT2D eigenvalue weighted by Crippen LogP contribution is 2.59. The molecule has 0 saturated heterocycles. The van der Waals surface area contributed by atoms with Crippen LogP contribution in [0.4, 0.5) is 5.69 Å². The van der Waals surface area contributed by atoms with Crippen molar-refractivity contribution < 1.29 is 14.7 Å². The second-order valence-electron chi connectivity index (χ2n) is 10.9. The molecule has 1 spiro atoms. The van der Waals surface area contributed by atoms with Gasteiger partial charge in [0, 0.05) is 24.0 Å². The Morgan fingerprint density at radius 2 is 1.70 bits per heavy atom. The van der Waals surface area contributed by atoms with Crippen LogP contribution in [0.5, 0.6) is 0 Å². The number of benzene rings is 3. The first-order valence-corrected chi connectivity index (χ1v) is 13.3. The Hall–Kier alpha value is -3.35. The SMILES string of the molecule is O=C(O)CC1CC2(C1)CC(NC(=O)c1cc(Cl)cc3c1N(Cc1ccc(-c4ccccc4)cc1)NC3)C2. The highest BCUT2D eigenvalue weighted by Gasteiger charge is 2.53. The number of nitrogens with zero attached hydrogens (tertiary/aromatic N) is 1. The molecule has 2 saturated carbocycles. The van der Waals surface area contributed by atoms with Gasteiger partial charge in [0.05, 0.1) is 17.8 Å². The van der Waals surface area contributed by atoms with Gasteiger partial charge in [-0.1, -0.05) is 66.2 Å². The summed E-state index contributed by atoms with van der Waals surface area (Å²) >= 11 is 6.40. The summed E-state index contributed by atoms with van der Waals surface area (Å²) in [7, 11) is 0. The molecule has 3 aliphatic rings. The maximum atomic E-state index is 13.4. The zero-order valence-corrected chi connectivity index (χ0v) is 21.3. The first kappa shape index (κ1) is 24.0. The van der Waals surface area contributed by atoms with E-state index in [1.165, 1.54) is 11.1 Å². The summed E-state index contributed by atoms with van der Waals surface area (Å²) in [6.45, 7) is 1.25. The molecule has 0 unspecified atom stereocenters. The number of fused-ring (bicyclic) bond motifs is 1. The maximum Gasteiger partial charge on any atom is 0.303 e. The predicted octanol–water partition coefficient (Wildman–Crippen LogP) is 5.80. The molecule has 0 aromatic heterocycles. The smallest absolute Gasteiger partial charge is 0.303 e. The molecule has 1 aliphatic heterocycles. The van der Waals surface area contributed by atoms with Crippen LogP contribution in [0.1, 0.15) is 53.6 Å². The number of rotatable bonds is 7. The minimum absolute atomic E-state index is 0.104. The number of hydrogen-bond acceptors (Lipinski definition) is 4. The van der Waals surface area contributed by atoms with Crippen LogP contribution >= 0.6 is 11.6 Å². The summed E-state index contributed by atoms with van der Waals surface area (Å²) in [6.07, 6.45) is 4.02. The van der Waals surface area contributed by atoms with Crippen molar-refractivity contribution >= 4 is 29.2 Å². The van der Waals surface area contributed by atoms with Gasteiger partial charge in [-0.3, -0.25) is 9.59 Å². The third-order valence-electron chi connectivity index (χ3n) is 8.13. The Morgan fingerprint density at radius 1 is 1.00 bits per heavy atom. The summed E-state index contributed by atoms with van der Waals surface area (Å²) in [4.78, 5) is 24.3. The molecule has 3 aromatic carbocycles. The van der Waals surface area contributed by atoms with Crippen LogP contribution in [0, 0.1) is 11.3 Å². The molecule has 1 amide bonds. The lowest BCUT2D eigenvalue weighted by Crippen LogP contribution is -2.56. The minimum atomic E-state index is -0.718. The molecule has 190 valence electrons. The van der Waals surface area contributed by atoms with Gasteiger partial charge < -0.3 is 15.4 Å². The van der Waals surface area contributed by atoms with Gasteiger partial charge in [-0.25, -0.2) is 5.43 Å². The molecular formula is C30H30ClN3O3. The standard InChI is InChI=1S/C30H30ClN3O3/c31-24-11-23-17-32-34(18-19-6-8-22(9-7-19)21-4-2-1-3-5-21)28(23)26(12-24)29(37)33-25-15-30(16-25)13-20(14-30)10-27(35)36/h1-9,11-12,20,25,32H,10,13-18H2,(H,33,37)(H,35,36). The van der Waals surface area contributed by atoms with Crippen molar-refractivity contribution in [2.24, 2.45) is 11.3 Å². The van der Waals surface area contributed by atoms with Gasteiger partial charge in [0.1, 0.15) is 0 Å². The molecular weight excluding hydrogens is 486 g/mol. The first-order valence-electron chi connectivity index (χ1n) is 12.9. The maximum absolute atomic E-state index is 13.4. The number of carbonyl (C=O) groups excluding carboxylic acids is 1. The summed E-state index contributed by atoms with van der Waals surface area (Å²) in [5, 5.41) is 14.8. The fourth-order valence-electron chi connectivity index (χ4n) is 6.53. The van der Waals surface area contributed by atoms with Crippen LogP contribution in [-0.2, 0) is 17.9 Å². The molecule has 3 N–H and O–H groups in total. The summed E-state index contributed by atoms with van der Waals surface area (Å²) in [5.74, 6) is -0.538. The largest absolute Gasteiger partial charge is 0.481 e. The van der Waals surface area contributed by atoms with Gasteiger partial charge in [0.2, 0.25) is 0 Å². The highest BCUT2D eigenvalue weighted by atomic mass is 35.5. The number of hydrazine groups is 1. The zero-order chi connectivity index (χ0) is 25.6. The molecule has 3 aromatic rings. The number of aliphatic carboxylic acids is 1. The molecule has 0 atom stereocenters. The molecule has 7 heteroatoms.